The molecule has 0 atom stereocenters. The van der Waals surface area contributed by atoms with Crippen molar-refractivity contribution < 1.29 is 0 Å². The molecule has 0 unspecified atom stereocenters. The molecule has 0 aliphatic rings. The molecule has 0 N–H and O–H groups in total. The van der Waals surface area contributed by atoms with Gasteiger partial charge in [0.25, 0.3) is 0 Å². The summed E-state index contributed by atoms with van der Waals surface area (Å²) in [5, 5.41) is 2.68. The SMILES string of the molecule is S=C(SP(c1ccccc1)c1ccccc1)c1ccccc1. The highest BCUT2D eigenvalue weighted by molar-refractivity contribution is 8.69. The maximum atomic E-state index is 5.68. The fraction of sp³-hybridized carbons (Fsp3) is 0. The van der Waals surface area contributed by atoms with Crippen molar-refractivity contribution >= 4 is 45.5 Å². The first kappa shape index (κ1) is 15.4. The standard InChI is InChI=1S/C19H15PS2/c21-19(16-10-4-1-5-11-16)22-20(17-12-6-2-7-13-17)18-14-8-3-9-15-18/h1-15H. The molecule has 0 amide bonds. The lowest BCUT2D eigenvalue weighted by molar-refractivity contribution is 1.69. The summed E-state index contributed by atoms with van der Waals surface area (Å²) in [7, 11) is -0.538. The zero-order chi connectivity index (χ0) is 15.2. The second kappa shape index (κ2) is 7.69. The molecule has 0 radical (unpaired) electrons. The van der Waals surface area contributed by atoms with Crippen molar-refractivity contribution in [2.75, 3.05) is 0 Å². The first-order chi connectivity index (χ1) is 10.8. The zero-order valence-electron chi connectivity index (χ0n) is 11.9. The van der Waals surface area contributed by atoms with Crippen molar-refractivity contribution in [2.45, 2.75) is 0 Å². The first-order valence-corrected chi connectivity index (χ1v) is 10.2. The van der Waals surface area contributed by atoms with Gasteiger partial charge >= 0.3 is 0 Å². The van der Waals surface area contributed by atoms with E-state index < -0.39 is 7.12 Å². The van der Waals surface area contributed by atoms with Crippen LogP contribution in [0.25, 0.3) is 0 Å². The van der Waals surface area contributed by atoms with Gasteiger partial charge in [0.15, 0.2) is 0 Å². The van der Waals surface area contributed by atoms with E-state index in [9.17, 15) is 0 Å². The molecule has 3 aromatic carbocycles. The Morgan fingerprint density at radius 1 is 0.636 bits per heavy atom. The second-order valence-electron chi connectivity index (χ2n) is 4.71. The Balaban J connectivity index is 1.91. The van der Waals surface area contributed by atoms with E-state index in [1.807, 2.05) is 18.2 Å². The van der Waals surface area contributed by atoms with Crippen molar-refractivity contribution in [1.29, 1.82) is 0 Å². The highest BCUT2D eigenvalue weighted by Crippen LogP contribution is 2.49. The highest BCUT2D eigenvalue weighted by atomic mass is 32.7. The largest absolute Gasteiger partial charge is 0.0826 e. The normalized spacial score (nSPS) is 10.6. The van der Waals surface area contributed by atoms with Crippen LogP contribution in [0.3, 0.4) is 0 Å². The van der Waals surface area contributed by atoms with Crippen LogP contribution in [-0.4, -0.2) is 4.20 Å². The van der Waals surface area contributed by atoms with Crippen LogP contribution in [0.1, 0.15) is 5.56 Å². The van der Waals surface area contributed by atoms with E-state index in [0.717, 1.165) is 9.76 Å². The number of thiocarbonyl (C=S) groups is 1. The van der Waals surface area contributed by atoms with Crippen LogP contribution in [0.15, 0.2) is 91.0 Å². The van der Waals surface area contributed by atoms with Crippen LogP contribution in [0.2, 0.25) is 0 Å². The van der Waals surface area contributed by atoms with E-state index >= 15 is 0 Å². The third-order valence-corrected chi connectivity index (χ3v) is 8.50. The molecule has 0 spiro atoms. The van der Waals surface area contributed by atoms with Gasteiger partial charge in [0.1, 0.15) is 0 Å². The van der Waals surface area contributed by atoms with Crippen molar-refractivity contribution in [2.24, 2.45) is 0 Å². The minimum absolute atomic E-state index is 0.538. The molecule has 0 aliphatic carbocycles. The van der Waals surface area contributed by atoms with Gasteiger partial charge in [-0.3, -0.25) is 0 Å². The molecule has 22 heavy (non-hydrogen) atoms. The first-order valence-electron chi connectivity index (χ1n) is 7.02. The van der Waals surface area contributed by atoms with Gasteiger partial charge in [0.2, 0.25) is 0 Å². The van der Waals surface area contributed by atoms with Gasteiger partial charge < -0.3 is 0 Å². The summed E-state index contributed by atoms with van der Waals surface area (Å²) in [6.45, 7) is 0. The molecular weight excluding hydrogens is 323 g/mol. The molecule has 0 heterocycles. The Bertz CT molecular complexity index is 688. The Morgan fingerprint density at radius 2 is 1.05 bits per heavy atom. The van der Waals surface area contributed by atoms with Gasteiger partial charge in [-0.15, -0.1) is 0 Å². The van der Waals surface area contributed by atoms with Crippen molar-refractivity contribution in [3.8, 4) is 0 Å². The Morgan fingerprint density at radius 3 is 1.50 bits per heavy atom. The van der Waals surface area contributed by atoms with Crippen LogP contribution in [0.4, 0.5) is 0 Å². The minimum Gasteiger partial charge on any atom is -0.0764 e. The van der Waals surface area contributed by atoms with E-state index in [4.69, 9.17) is 12.2 Å². The quantitative estimate of drug-likeness (QED) is 0.477. The van der Waals surface area contributed by atoms with E-state index in [-0.39, 0.29) is 0 Å². The van der Waals surface area contributed by atoms with E-state index in [0.29, 0.717) is 0 Å². The molecule has 0 nitrogen and oxygen atoms in total. The molecule has 0 saturated heterocycles. The van der Waals surface area contributed by atoms with Crippen molar-refractivity contribution in [3.63, 3.8) is 0 Å². The molecule has 0 aromatic heterocycles. The average Bonchev–Trinajstić information content (AvgIpc) is 2.62. The lowest BCUT2D eigenvalue weighted by Gasteiger charge is -2.18. The molecule has 0 fully saturated rings. The zero-order valence-corrected chi connectivity index (χ0v) is 14.5. The lowest BCUT2D eigenvalue weighted by Crippen LogP contribution is -2.10. The molecule has 108 valence electrons. The third-order valence-electron chi connectivity index (χ3n) is 3.17. The fourth-order valence-corrected chi connectivity index (χ4v) is 6.88. The van der Waals surface area contributed by atoms with Gasteiger partial charge in [0.05, 0.1) is 4.20 Å². The third kappa shape index (κ3) is 3.84. The lowest BCUT2D eigenvalue weighted by atomic mass is 10.2. The predicted octanol–water partition coefficient (Wildman–Crippen LogP) is 5.14. The summed E-state index contributed by atoms with van der Waals surface area (Å²) >= 11 is 7.48. The van der Waals surface area contributed by atoms with Crippen LogP contribution >= 0.6 is 30.7 Å². The summed E-state index contributed by atoms with van der Waals surface area (Å²) in [6.07, 6.45) is 0. The summed E-state index contributed by atoms with van der Waals surface area (Å²) in [6, 6.07) is 31.5. The maximum absolute atomic E-state index is 5.68. The number of hydrogen-bond donors (Lipinski definition) is 0. The number of hydrogen-bond acceptors (Lipinski definition) is 2. The molecule has 0 bridgehead atoms. The minimum atomic E-state index is -0.538. The highest BCUT2D eigenvalue weighted by Gasteiger charge is 2.17. The van der Waals surface area contributed by atoms with Crippen LogP contribution < -0.4 is 10.6 Å². The van der Waals surface area contributed by atoms with E-state index in [2.05, 4.69) is 72.8 Å². The Labute approximate surface area is 142 Å². The van der Waals surface area contributed by atoms with Crippen LogP contribution in [0, 0.1) is 0 Å². The summed E-state index contributed by atoms with van der Waals surface area (Å²) in [5.74, 6) is 0. The van der Waals surface area contributed by atoms with Gasteiger partial charge in [-0.2, -0.15) is 0 Å². The molecule has 3 rings (SSSR count). The van der Waals surface area contributed by atoms with Crippen LogP contribution in [-0.2, 0) is 0 Å². The monoisotopic (exact) mass is 338 g/mol. The van der Waals surface area contributed by atoms with Gasteiger partial charge in [-0.1, -0.05) is 115 Å². The Hall–Kier alpha value is -1.47. The fourth-order valence-electron chi connectivity index (χ4n) is 2.09. The molecule has 0 saturated carbocycles. The van der Waals surface area contributed by atoms with Crippen molar-refractivity contribution in [3.05, 3.63) is 96.6 Å². The molecular formula is C19H15PS2. The van der Waals surface area contributed by atoms with E-state index in [1.54, 1.807) is 11.4 Å². The molecule has 0 aliphatic heterocycles. The summed E-state index contributed by atoms with van der Waals surface area (Å²) in [5.41, 5.74) is 1.13. The van der Waals surface area contributed by atoms with Crippen LogP contribution in [0.5, 0.6) is 0 Å². The topological polar surface area (TPSA) is 0 Å². The van der Waals surface area contributed by atoms with Gasteiger partial charge in [-0.05, 0) is 16.2 Å². The number of rotatable bonds is 4. The maximum Gasteiger partial charge on any atom is 0.0826 e. The summed E-state index contributed by atoms with van der Waals surface area (Å²) in [4.78, 5) is 0. The molecule has 3 aromatic rings. The average molecular weight is 338 g/mol. The Kier molecular flexibility index (Phi) is 5.39. The van der Waals surface area contributed by atoms with Gasteiger partial charge in [-0.25, -0.2) is 0 Å². The van der Waals surface area contributed by atoms with E-state index in [1.165, 1.54) is 10.6 Å². The molecule has 3 heteroatoms. The number of benzene rings is 3. The predicted molar refractivity (Wildman–Crippen MR) is 105 cm³/mol. The smallest absolute Gasteiger partial charge is 0.0764 e. The second-order valence-corrected chi connectivity index (χ2v) is 9.23. The summed E-state index contributed by atoms with van der Waals surface area (Å²) < 4.78 is 0.958. The van der Waals surface area contributed by atoms with Crippen molar-refractivity contribution in [1.82, 2.24) is 0 Å². The van der Waals surface area contributed by atoms with Gasteiger partial charge in [0, 0.05) is 7.12 Å².